The van der Waals surface area contributed by atoms with Gasteiger partial charge in [0.15, 0.2) is 0 Å². The molecular weight excluding hydrogens is 402 g/mol. The molecule has 2 aromatic carbocycles. The number of ether oxygens (including phenoxy) is 2. The van der Waals surface area contributed by atoms with Gasteiger partial charge in [0.05, 0.1) is 29.7 Å². The van der Waals surface area contributed by atoms with E-state index in [1.54, 1.807) is 0 Å². The SMILES string of the molecule is CCOC[C@@H](O)CN(Cc1c(C)nn(-c2ccccc2)c1Oc1ccc(C)cc1)C(C)C. The molecule has 0 saturated heterocycles. The van der Waals surface area contributed by atoms with Gasteiger partial charge in [0.1, 0.15) is 5.75 Å². The molecular formula is C26H35N3O3. The molecule has 0 radical (unpaired) electrons. The van der Waals surface area contributed by atoms with E-state index in [-0.39, 0.29) is 6.04 Å². The largest absolute Gasteiger partial charge is 0.439 e. The van der Waals surface area contributed by atoms with Crippen LogP contribution in [0.4, 0.5) is 0 Å². The number of para-hydroxylation sites is 1. The summed E-state index contributed by atoms with van der Waals surface area (Å²) in [5.41, 5.74) is 4.03. The Balaban J connectivity index is 1.96. The maximum Gasteiger partial charge on any atom is 0.227 e. The Morgan fingerprint density at radius 3 is 2.34 bits per heavy atom. The van der Waals surface area contributed by atoms with Crippen LogP contribution < -0.4 is 4.74 Å². The molecule has 1 atom stereocenters. The average Bonchev–Trinajstić information content (AvgIpc) is 3.09. The second kappa shape index (κ2) is 11.3. The fraction of sp³-hybridized carbons (Fsp3) is 0.423. The van der Waals surface area contributed by atoms with Gasteiger partial charge in [0.2, 0.25) is 5.88 Å². The number of benzene rings is 2. The van der Waals surface area contributed by atoms with Crippen LogP contribution in [-0.4, -0.2) is 51.7 Å². The summed E-state index contributed by atoms with van der Waals surface area (Å²) in [6.45, 7) is 12.3. The number of aryl methyl sites for hydroxylation is 2. The topological polar surface area (TPSA) is 59.8 Å². The first-order valence-electron chi connectivity index (χ1n) is 11.3. The standard InChI is InChI=1S/C26H35N3O3/c1-6-31-18-23(30)16-28(19(2)3)17-25-21(5)27-29(22-10-8-7-9-11-22)26(25)32-24-14-12-20(4)13-15-24/h7-15,19,23,30H,6,16-18H2,1-5H3/t23-/m0/s1. The summed E-state index contributed by atoms with van der Waals surface area (Å²) in [5, 5.41) is 15.3. The molecule has 1 aromatic heterocycles. The quantitative estimate of drug-likeness (QED) is 0.463. The van der Waals surface area contributed by atoms with Crippen molar-refractivity contribution in [1.29, 1.82) is 0 Å². The fourth-order valence-electron chi connectivity index (χ4n) is 3.53. The van der Waals surface area contributed by atoms with Crippen molar-refractivity contribution in [2.45, 2.75) is 53.3 Å². The summed E-state index contributed by atoms with van der Waals surface area (Å²) in [4.78, 5) is 2.23. The first-order chi connectivity index (χ1) is 15.4. The minimum Gasteiger partial charge on any atom is -0.439 e. The summed E-state index contributed by atoms with van der Waals surface area (Å²) in [5.74, 6) is 1.46. The summed E-state index contributed by atoms with van der Waals surface area (Å²) in [6, 6.07) is 18.3. The minimum atomic E-state index is -0.553. The third-order valence-corrected chi connectivity index (χ3v) is 5.42. The molecule has 172 valence electrons. The number of hydrogen-bond acceptors (Lipinski definition) is 5. The van der Waals surface area contributed by atoms with Crippen molar-refractivity contribution in [1.82, 2.24) is 14.7 Å². The number of hydrogen-bond donors (Lipinski definition) is 1. The van der Waals surface area contributed by atoms with Gasteiger partial charge in [-0.15, -0.1) is 0 Å². The van der Waals surface area contributed by atoms with E-state index in [2.05, 4.69) is 25.7 Å². The highest BCUT2D eigenvalue weighted by Gasteiger charge is 2.24. The maximum absolute atomic E-state index is 10.4. The van der Waals surface area contributed by atoms with Gasteiger partial charge in [-0.2, -0.15) is 5.10 Å². The number of aliphatic hydroxyl groups is 1. The first kappa shape index (κ1) is 24.0. The number of rotatable bonds is 11. The van der Waals surface area contributed by atoms with Crippen LogP contribution >= 0.6 is 0 Å². The Labute approximate surface area is 191 Å². The molecule has 32 heavy (non-hydrogen) atoms. The lowest BCUT2D eigenvalue weighted by Gasteiger charge is -2.29. The van der Waals surface area contributed by atoms with Gasteiger partial charge in [-0.05, 0) is 58.9 Å². The highest BCUT2D eigenvalue weighted by Crippen LogP contribution is 2.32. The highest BCUT2D eigenvalue weighted by atomic mass is 16.5. The monoisotopic (exact) mass is 437 g/mol. The molecule has 1 heterocycles. The zero-order chi connectivity index (χ0) is 23.1. The van der Waals surface area contributed by atoms with Crippen LogP contribution in [-0.2, 0) is 11.3 Å². The van der Waals surface area contributed by atoms with Crippen LogP contribution in [0.1, 0.15) is 37.6 Å². The molecule has 0 fully saturated rings. The van der Waals surface area contributed by atoms with Crippen molar-refractivity contribution >= 4 is 0 Å². The van der Waals surface area contributed by atoms with Crippen molar-refractivity contribution in [3.63, 3.8) is 0 Å². The molecule has 3 rings (SSSR count). The average molecular weight is 438 g/mol. The van der Waals surface area contributed by atoms with E-state index in [1.165, 1.54) is 5.56 Å². The van der Waals surface area contributed by atoms with Crippen molar-refractivity contribution < 1.29 is 14.6 Å². The van der Waals surface area contributed by atoms with Crippen LogP contribution in [0.3, 0.4) is 0 Å². The highest BCUT2D eigenvalue weighted by molar-refractivity contribution is 5.43. The van der Waals surface area contributed by atoms with Gasteiger partial charge < -0.3 is 14.6 Å². The molecule has 0 aliphatic carbocycles. The van der Waals surface area contributed by atoms with Gasteiger partial charge in [0.25, 0.3) is 0 Å². The van der Waals surface area contributed by atoms with E-state index < -0.39 is 6.10 Å². The van der Waals surface area contributed by atoms with E-state index in [4.69, 9.17) is 14.6 Å². The Kier molecular flexibility index (Phi) is 8.45. The Bertz CT molecular complexity index is 968. The van der Waals surface area contributed by atoms with E-state index in [1.807, 2.05) is 73.1 Å². The Hall–Kier alpha value is -2.67. The molecule has 0 bridgehead atoms. The fourth-order valence-corrected chi connectivity index (χ4v) is 3.53. The molecule has 0 aliphatic rings. The van der Waals surface area contributed by atoms with Crippen LogP contribution in [0, 0.1) is 13.8 Å². The molecule has 0 aliphatic heterocycles. The lowest BCUT2D eigenvalue weighted by molar-refractivity contribution is 0.0131. The summed E-state index contributed by atoms with van der Waals surface area (Å²) in [6.07, 6.45) is -0.553. The molecule has 0 saturated carbocycles. The molecule has 0 unspecified atom stereocenters. The predicted molar refractivity (Wildman–Crippen MR) is 128 cm³/mol. The second-order valence-electron chi connectivity index (χ2n) is 8.37. The first-order valence-corrected chi connectivity index (χ1v) is 11.3. The van der Waals surface area contributed by atoms with Gasteiger partial charge in [-0.25, -0.2) is 4.68 Å². The van der Waals surface area contributed by atoms with Crippen molar-refractivity contribution in [2.24, 2.45) is 0 Å². The van der Waals surface area contributed by atoms with Crippen molar-refractivity contribution in [2.75, 3.05) is 19.8 Å². The van der Waals surface area contributed by atoms with Crippen LogP contribution in [0.2, 0.25) is 0 Å². The van der Waals surface area contributed by atoms with Crippen LogP contribution in [0.15, 0.2) is 54.6 Å². The normalized spacial score (nSPS) is 12.5. The molecule has 6 heteroatoms. The molecule has 0 spiro atoms. The maximum atomic E-state index is 10.4. The van der Waals surface area contributed by atoms with Gasteiger partial charge >= 0.3 is 0 Å². The molecule has 6 nitrogen and oxygen atoms in total. The summed E-state index contributed by atoms with van der Waals surface area (Å²) >= 11 is 0. The lowest BCUT2D eigenvalue weighted by atomic mass is 10.2. The third-order valence-electron chi connectivity index (χ3n) is 5.42. The van der Waals surface area contributed by atoms with E-state index >= 15 is 0 Å². The van der Waals surface area contributed by atoms with E-state index in [0.717, 1.165) is 22.7 Å². The molecule has 0 amide bonds. The third kappa shape index (κ3) is 6.19. The molecule has 3 aromatic rings. The van der Waals surface area contributed by atoms with E-state index in [9.17, 15) is 5.11 Å². The Morgan fingerprint density at radius 1 is 1.03 bits per heavy atom. The Morgan fingerprint density at radius 2 is 1.72 bits per heavy atom. The van der Waals surface area contributed by atoms with Crippen molar-refractivity contribution in [3.05, 3.63) is 71.4 Å². The predicted octanol–water partition coefficient (Wildman–Crippen LogP) is 4.89. The summed E-state index contributed by atoms with van der Waals surface area (Å²) < 4.78 is 13.7. The van der Waals surface area contributed by atoms with Crippen LogP contribution in [0.5, 0.6) is 11.6 Å². The van der Waals surface area contributed by atoms with E-state index in [0.29, 0.717) is 32.2 Å². The number of aliphatic hydroxyl groups excluding tert-OH is 1. The van der Waals surface area contributed by atoms with Gasteiger partial charge in [-0.1, -0.05) is 35.9 Å². The lowest BCUT2D eigenvalue weighted by Crippen LogP contribution is -2.39. The summed E-state index contributed by atoms with van der Waals surface area (Å²) in [7, 11) is 0. The number of nitrogens with zero attached hydrogens (tertiary/aromatic N) is 3. The van der Waals surface area contributed by atoms with Crippen LogP contribution in [0.25, 0.3) is 5.69 Å². The van der Waals surface area contributed by atoms with Crippen molar-refractivity contribution in [3.8, 4) is 17.3 Å². The smallest absolute Gasteiger partial charge is 0.227 e. The number of aromatic nitrogens is 2. The zero-order valence-corrected chi connectivity index (χ0v) is 19.8. The molecule has 1 N–H and O–H groups in total. The second-order valence-corrected chi connectivity index (χ2v) is 8.37. The minimum absolute atomic E-state index is 0.234. The van der Waals surface area contributed by atoms with Gasteiger partial charge in [-0.3, -0.25) is 4.90 Å². The zero-order valence-electron chi connectivity index (χ0n) is 19.8. The van der Waals surface area contributed by atoms with Gasteiger partial charge in [0, 0.05) is 25.7 Å².